The Labute approximate surface area is 157 Å². The summed E-state index contributed by atoms with van der Waals surface area (Å²) in [6, 6.07) is 1.76. The highest BCUT2D eigenvalue weighted by molar-refractivity contribution is 5.85. The Morgan fingerprint density at radius 2 is 2.00 bits per heavy atom. The molecule has 2 heterocycles. The van der Waals surface area contributed by atoms with Crippen LogP contribution in [0.4, 0.5) is 13.2 Å². The van der Waals surface area contributed by atoms with Crippen molar-refractivity contribution < 1.29 is 18.0 Å². The summed E-state index contributed by atoms with van der Waals surface area (Å²) in [4.78, 5) is 13.8. The molecule has 2 N–H and O–H groups in total. The van der Waals surface area contributed by atoms with Crippen LogP contribution in [0, 0.1) is 0 Å². The summed E-state index contributed by atoms with van der Waals surface area (Å²) in [5, 5.41) is 10.2. The van der Waals surface area contributed by atoms with Crippen molar-refractivity contribution >= 4 is 30.7 Å². The molecule has 0 bridgehead atoms. The fourth-order valence-corrected chi connectivity index (χ4v) is 2.83. The third-order valence-electron chi connectivity index (χ3n) is 4.02. The van der Waals surface area contributed by atoms with Crippen LogP contribution in [-0.4, -0.2) is 66.5 Å². The zero-order valence-electron chi connectivity index (χ0n) is 13.9. The summed E-state index contributed by atoms with van der Waals surface area (Å²) in [7, 11) is 1.38. The van der Waals surface area contributed by atoms with Gasteiger partial charge in [0, 0.05) is 25.5 Å². The molecule has 0 atom stereocenters. The molecule has 1 amide bonds. The first-order chi connectivity index (χ1) is 10.8. The number of aromatic nitrogens is 2. The lowest BCUT2D eigenvalue weighted by molar-refractivity contribution is -0.143. The normalized spacial score (nSPS) is 16.7. The van der Waals surface area contributed by atoms with Crippen molar-refractivity contribution in [1.29, 1.82) is 0 Å². The van der Waals surface area contributed by atoms with Crippen LogP contribution >= 0.6 is 24.8 Å². The molecule has 0 aliphatic carbocycles. The van der Waals surface area contributed by atoms with Crippen LogP contribution in [0.5, 0.6) is 0 Å². The van der Waals surface area contributed by atoms with Crippen molar-refractivity contribution in [3.05, 3.63) is 18.5 Å². The molecule has 25 heavy (non-hydrogen) atoms. The molecule has 0 aromatic carbocycles. The van der Waals surface area contributed by atoms with Crippen molar-refractivity contribution in [2.24, 2.45) is 0 Å². The molecular formula is C14H24Cl2F3N5O. The minimum atomic E-state index is -4.23. The first-order valence-corrected chi connectivity index (χ1v) is 7.58. The zero-order valence-corrected chi connectivity index (χ0v) is 15.5. The average Bonchev–Trinajstić information content (AvgIpc) is 3.00. The molecule has 6 nitrogen and oxygen atoms in total. The quantitative estimate of drug-likeness (QED) is 0.750. The second kappa shape index (κ2) is 10.2. The number of likely N-dealkylation sites (N-methyl/N-ethyl adjacent to an activating group) is 1. The van der Waals surface area contributed by atoms with Gasteiger partial charge in [-0.15, -0.1) is 24.8 Å². The van der Waals surface area contributed by atoms with E-state index in [0.717, 1.165) is 4.90 Å². The van der Waals surface area contributed by atoms with Crippen molar-refractivity contribution in [2.45, 2.75) is 24.6 Å². The van der Waals surface area contributed by atoms with E-state index < -0.39 is 18.3 Å². The van der Waals surface area contributed by atoms with Gasteiger partial charge < -0.3 is 10.6 Å². The maximum atomic E-state index is 12.6. The smallest absolute Gasteiger partial charge is 0.353 e. The number of halogens is 5. The van der Waals surface area contributed by atoms with Crippen LogP contribution < -0.4 is 10.6 Å². The highest BCUT2D eigenvalue weighted by Crippen LogP contribution is 2.27. The van der Waals surface area contributed by atoms with Gasteiger partial charge in [-0.1, -0.05) is 0 Å². The van der Waals surface area contributed by atoms with Gasteiger partial charge in [0.25, 0.3) is 0 Å². The predicted molar refractivity (Wildman–Crippen MR) is 93.4 cm³/mol. The van der Waals surface area contributed by atoms with Gasteiger partial charge in [0.15, 0.2) is 0 Å². The second-order valence-electron chi connectivity index (χ2n) is 5.84. The topological polar surface area (TPSA) is 62.2 Å². The Kier molecular flexibility index (Phi) is 9.78. The van der Waals surface area contributed by atoms with E-state index in [1.165, 1.54) is 7.05 Å². The van der Waals surface area contributed by atoms with Gasteiger partial charge in [0.05, 0.1) is 6.54 Å². The Bertz CT molecular complexity index is 507. The third-order valence-corrected chi connectivity index (χ3v) is 4.02. The van der Waals surface area contributed by atoms with E-state index in [1.807, 2.05) is 0 Å². The van der Waals surface area contributed by atoms with Crippen LogP contribution in [0.1, 0.15) is 12.8 Å². The summed E-state index contributed by atoms with van der Waals surface area (Å²) < 4.78 is 38.5. The molecule has 0 saturated carbocycles. The number of hydrogen-bond donors (Lipinski definition) is 2. The van der Waals surface area contributed by atoms with Gasteiger partial charge >= 0.3 is 6.18 Å². The predicted octanol–water partition coefficient (Wildman–Crippen LogP) is 1.42. The Hall–Kier alpha value is -1.03. The summed E-state index contributed by atoms with van der Waals surface area (Å²) >= 11 is 0. The Morgan fingerprint density at radius 1 is 1.36 bits per heavy atom. The molecule has 1 aliphatic rings. The van der Waals surface area contributed by atoms with Crippen molar-refractivity contribution in [3.63, 3.8) is 0 Å². The lowest BCUT2D eigenvalue weighted by Crippen LogP contribution is -2.55. The van der Waals surface area contributed by atoms with Crippen LogP contribution in [0.2, 0.25) is 0 Å². The lowest BCUT2D eigenvalue weighted by atomic mass is 9.87. The molecule has 0 radical (unpaired) electrons. The monoisotopic (exact) mass is 405 g/mol. The van der Waals surface area contributed by atoms with Crippen LogP contribution in [0.3, 0.4) is 0 Å². The lowest BCUT2D eigenvalue weighted by Gasteiger charge is -2.36. The Balaban J connectivity index is 0.00000288. The summed E-state index contributed by atoms with van der Waals surface area (Å²) in [5.41, 5.74) is -0.767. The van der Waals surface area contributed by atoms with E-state index in [1.54, 1.807) is 23.1 Å². The molecule has 1 aromatic rings. The number of carbonyl (C=O) groups is 1. The highest BCUT2D eigenvalue weighted by Gasteiger charge is 2.41. The largest absolute Gasteiger partial charge is 0.401 e. The molecule has 1 fully saturated rings. The van der Waals surface area contributed by atoms with Gasteiger partial charge in [0.1, 0.15) is 5.54 Å². The van der Waals surface area contributed by atoms with E-state index in [2.05, 4.69) is 15.7 Å². The Morgan fingerprint density at radius 3 is 2.52 bits per heavy atom. The number of hydrogen-bond acceptors (Lipinski definition) is 4. The zero-order chi connectivity index (χ0) is 16.9. The molecule has 0 unspecified atom stereocenters. The molecule has 0 spiro atoms. The SMILES string of the molecule is CN(CCNC(=O)C1(n2cccn2)CCNCC1)CC(F)(F)F.Cl.Cl. The summed E-state index contributed by atoms with van der Waals surface area (Å²) in [6.07, 6.45) is 0.330. The first-order valence-electron chi connectivity index (χ1n) is 7.58. The van der Waals surface area contributed by atoms with Gasteiger partial charge in [-0.05, 0) is 39.0 Å². The van der Waals surface area contributed by atoms with E-state index in [-0.39, 0.29) is 43.8 Å². The second-order valence-corrected chi connectivity index (χ2v) is 5.84. The minimum absolute atomic E-state index is 0. The highest BCUT2D eigenvalue weighted by atomic mass is 35.5. The molecule has 1 saturated heterocycles. The molecule has 146 valence electrons. The number of amides is 1. The number of piperidine rings is 1. The van der Waals surface area contributed by atoms with Gasteiger partial charge in [-0.25, -0.2) is 0 Å². The van der Waals surface area contributed by atoms with Gasteiger partial charge in [-0.2, -0.15) is 18.3 Å². The van der Waals surface area contributed by atoms with Crippen LogP contribution in [0.15, 0.2) is 18.5 Å². The molecule has 1 aromatic heterocycles. The van der Waals surface area contributed by atoms with Crippen LogP contribution in [-0.2, 0) is 10.3 Å². The number of alkyl halides is 3. The maximum absolute atomic E-state index is 12.6. The average molecular weight is 406 g/mol. The van der Waals surface area contributed by atoms with E-state index >= 15 is 0 Å². The minimum Gasteiger partial charge on any atom is -0.353 e. The molecule has 1 aliphatic heterocycles. The first kappa shape index (κ1) is 24.0. The summed E-state index contributed by atoms with van der Waals surface area (Å²) in [6.45, 7) is 0.708. The molecule has 11 heteroatoms. The third kappa shape index (κ3) is 6.65. The van der Waals surface area contributed by atoms with E-state index in [4.69, 9.17) is 0 Å². The van der Waals surface area contributed by atoms with E-state index in [9.17, 15) is 18.0 Å². The fourth-order valence-electron chi connectivity index (χ4n) is 2.83. The van der Waals surface area contributed by atoms with E-state index in [0.29, 0.717) is 25.9 Å². The fraction of sp³-hybridized carbons (Fsp3) is 0.714. The number of carbonyl (C=O) groups excluding carboxylic acids is 1. The van der Waals surface area contributed by atoms with Gasteiger partial charge in [-0.3, -0.25) is 14.4 Å². The van der Waals surface area contributed by atoms with Crippen molar-refractivity contribution in [1.82, 2.24) is 25.3 Å². The van der Waals surface area contributed by atoms with Crippen LogP contribution in [0.25, 0.3) is 0 Å². The molecular weight excluding hydrogens is 382 g/mol. The summed E-state index contributed by atoms with van der Waals surface area (Å²) in [5.74, 6) is -0.192. The van der Waals surface area contributed by atoms with Crippen molar-refractivity contribution in [2.75, 3.05) is 39.8 Å². The number of rotatable bonds is 6. The standard InChI is InChI=1S/C14H22F3N5O.2ClH/c1-21(11-14(15,16)17)10-8-19-12(23)13(3-6-18-7-4-13)22-9-2-5-20-22;;/h2,5,9,18H,3-4,6-8,10-11H2,1H3,(H,19,23);2*1H. The number of nitrogens with zero attached hydrogens (tertiary/aromatic N) is 3. The molecule has 2 rings (SSSR count). The number of nitrogens with one attached hydrogen (secondary N) is 2. The van der Waals surface area contributed by atoms with Crippen molar-refractivity contribution in [3.8, 4) is 0 Å². The maximum Gasteiger partial charge on any atom is 0.401 e. The van der Waals surface area contributed by atoms with Gasteiger partial charge in [0.2, 0.25) is 5.91 Å².